The van der Waals surface area contributed by atoms with Crippen molar-refractivity contribution in [2.45, 2.75) is 46.2 Å². The van der Waals surface area contributed by atoms with Crippen LogP contribution in [0.25, 0.3) is 0 Å². The Morgan fingerprint density at radius 1 is 1.00 bits per heavy atom. The predicted octanol–water partition coefficient (Wildman–Crippen LogP) is 4.07. The van der Waals surface area contributed by atoms with E-state index in [4.69, 9.17) is 0 Å². The lowest BCUT2D eigenvalue weighted by Crippen LogP contribution is -2.19. The zero-order valence-corrected chi connectivity index (χ0v) is 13.2. The largest absolute Gasteiger partial charge is 0.506 e. The average molecular weight is 284 g/mol. The molecule has 0 aliphatic rings. The number of nitrogens with one attached hydrogen (secondary N) is 1. The fourth-order valence-electron chi connectivity index (χ4n) is 2.27. The fourth-order valence-corrected chi connectivity index (χ4v) is 2.27. The summed E-state index contributed by atoms with van der Waals surface area (Å²) in [5, 5.41) is 13.2. The number of rotatable bonds is 5. The van der Waals surface area contributed by atoms with Gasteiger partial charge in [0.15, 0.2) is 0 Å². The van der Waals surface area contributed by atoms with Gasteiger partial charge in [-0.25, -0.2) is 0 Å². The van der Waals surface area contributed by atoms with Crippen molar-refractivity contribution < 1.29 is 5.11 Å². The maximum Gasteiger partial charge on any atom is 0.138 e. The number of hydrogen-bond donors (Lipinski definition) is 2. The highest BCUT2D eigenvalue weighted by molar-refractivity contribution is 5.29. The van der Waals surface area contributed by atoms with E-state index in [0.717, 1.165) is 5.69 Å². The van der Waals surface area contributed by atoms with E-state index in [-0.39, 0.29) is 11.8 Å². The molecule has 0 fully saturated rings. The molecule has 0 aliphatic carbocycles. The third kappa shape index (κ3) is 4.05. The molecule has 0 radical (unpaired) electrons. The number of aryl methyl sites for hydroxylation is 1. The van der Waals surface area contributed by atoms with Crippen molar-refractivity contribution in [1.29, 1.82) is 0 Å². The van der Waals surface area contributed by atoms with Crippen LogP contribution in [0, 0.1) is 6.92 Å². The zero-order valence-electron chi connectivity index (χ0n) is 13.2. The van der Waals surface area contributed by atoms with Gasteiger partial charge < -0.3 is 10.4 Å². The summed E-state index contributed by atoms with van der Waals surface area (Å²) in [5.74, 6) is 0.797. The van der Waals surface area contributed by atoms with Crippen LogP contribution in [0.5, 0.6) is 5.75 Å². The molecule has 21 heavy (non-hydrogen) atoms. The van der Waals surface area contributed by atoms with Gasteiger partial charge in [0.05, 0.1) is 5.69 Å². The molecule has 1 aromatic carbocycles. The first-order valence-electron chi connectivity index (χ1n) is 7.46. The Kier molecular flexibility index (Phi) is 4.97. The molecule has 1 heterocycles. The average Bonchev–Trinajstić information content (AvgIpc) is 2.48. The van der Waals surface area contributed by atoms with Crippen molar-refractivity contribution in [2.75, 3.05) is 0 Å². The van der Waals surface area contributed by atoms with Crippen LogP contribution >= 0.6 is 0 Å². The third-order valence-corrected chi connectivity index (χ3v) is 3.77. The molecule has 0 bridgehead atoms. The smallest absolute Gasteiger partial charge is 0.138 e. The lowest BCUT2D eigenvalue weighted by Gasteiger charge is -2.16. The molecule has 1 unspecified atom stereocenters. The normalized spacial score (nSPS) is 12.6. The first kappa shape index (κ1) is 15.5. The number of aromatic nitrogens is 1. The van der Waals surface area contributed by atoms with Crippen LogP contribution in [0.3, 0.4) is 0 Å². The molecule has 0 aliphatic heterocycles. The third-order valence-electron chi connectivity index (χ3n) is 3.77. The molecule has 0 amide bonds. The number of benzene rings is 1. The van der Waals surface area contributed by atoms with Crippen LogP contribution in [-0.4, -0.2) is 10.1 Å². The second-order valence-corrected chi connectivity index (χ2v) is 5.84. The number of aromatic hydroxyl groups is 1. The first-order chi connectivity index (χ1) is 9.97. The van der Waals surface area contributed by atoms with Crippen LogP contribution in [0.15, 0.2) is 36.4 Å². The van der Waals surface area contributed by atoms with Gasteiger partial charge in [0.2, 0.25) is 0 Å². The van der Waals surface area contributed by atoms with Gasteiger partial charge in [0, 0.05) is 18.3 Å². The van der Waals surface area contributed by atoms with Crippen molar-refractivity contribution in [3.63, 3.8) is 0 Å². The molecule has 1 aromatic heterocycles. The van der Waals surface area contributed by atoms with Crippen molar-refractivity contribution in [2.24, 2.45) is 0 Å². The summed E-state index contributed by atoms with van der Waals surface area (Å²) in [6, 6.07) is 12.4. The van der Waals surface area contributed by atoms with Gasteiger partial charge in [-0.2, -0.15) is 0 Å². The Labute approximate surface area is 127 Å². The summed E-state index contributed by atoms with van der Waals surface area (Å²) in [4.78, 5) is 4.36. The Morgan fingerprint density at radius 3 is 2.24 bits per heavy atom. The maximum atomic E-state index is 9.81. The minimum Gasteiger partial charge on any atom is -0.506 e. The Bertz CT molecular complexity index is 591. The van der Waals surface area contributed by atoms with Crippen LogP contribution in [0.1, 0.15) is 55.2 Å². The second kappa shape index (κ2) is 6.72. The summed E-state index contributed by atoms with van der Waals surface area (Å²) in [7, 11) is 0. The predicted molar refractivity (Wildman–Crippen MR) is 86.4 cm³/mol. The zero-order chi connectivity index (χ0) is 15.4. The van der Waals surface area contributed by atoms with Crippen LogP contribution < -0.4 is 5.32 Å². The summed E-state index contributed by atoms with van der Waals surface area (Å²) in [5.41, 5.74) is 4.20. The van der Waals surface area contributed by atoms with E-state index < -0.39 is 0 Å². The van der Waals surface area contributed by atoms with Crippen LogP contribution in [0.2, 0.25) is 0 Å². The number of nitrogens with zero attached hydrogens (tertiary/aromatic N) is 1. The standard InChI is InChI=1S/C18H24N2O/c1-12(2)15-6-8-16(9-7-15)14(4)19-11-17-18(21)10-5-13(3)20-17/h5-10,12,14,19,21H,11H2,1-4H3. The molecule has 2 N–H and O–H groups in total. The molecule has 2 aromatic rings. The molecular weight excluding hydrogens is 260 g/mol. The summed E-state index contributed by atoms with van der Waals surface area (Å²) in [6.45, 7) is 9.00. The van der Waals surface area contributed by atoms with Gasteiger partial charge in [0.1, 0.15) is 5.75 Å². The molecule has 3 nitrogen and oxygen atoms in total. The van der Waals surface area contributed by atoms with Gasteiger partial charge in [-0.1, -0.05) is 38.1 Å². The van der Waals surface area contributed by atoms with Gasteiger partial charge in [0.25, 0.3) is 0 Å². The number of pyridine rings is 1. The molecule has 0 saturated carbocycles. The highest BCUT2D eigenvalue weighted by Crippen LogP contribution is 2.20. The fraction of sp³-hybridized carbons (Fsp3) is 0.389. The van der Waals surface area contributed by atoms with Gasteiger partial charge in [-0.3, -0.25) is 4.98 Å². The maximum absolute atomic E-state index is 9.81. The van der Waals surface area contributed by atoms with Crippen LogP contribution in [0.4, 0.5) is 0 Å². The SMILES string of the molecule is Cc1ccc(O)c(CNC(C)c2ccc(C(C)C)cc2)n1. The van der Waals surface area contributed by atoms with Gasteiger partial charge >= 0.3 is 0 Å². The minimum atomic E-state index is 0.216. The highest BCUT2D eigenvalue weighted by atomic mass is 16.3. The molecule has 1 atom stereocenters. The van der Waals surface area contributed by atoms with E-state index in [1.54, 1.807) is 6.07 Å². The lowest BCUT2D eigenvalue weighted by molar-refractivity contribution is 0.454. The van der Waals surface area contributed by atoms with Crippen molar-refractivity contribution >= 4 is 0 Å². The lowest BCUT2D eigenvalue weighted by atomic mass is 9.99. The summed E-state index contributed by atoms with van der Waals surface area (Å²) < 4.78 is 0. The van der Waals surface area contributed by atoms with Gasteiger partial charge in [-0.05, 0) is 43.0 Å². The Balaban J connectivity index is 2.01. The molecule has 3 heteroatoms. The summed E-state index contributed by atoms with van der Waals surface area (Å²) >= 11 is 0. The topological polar surface area (TPSA) is 45.1 Å². The first-order valence-corrected chi connectivity index (χ1v) is 7.46. The Morgan fingerprint density at radius 2 is 1.62 bits per heavy atom. The quantitative estimate of drug-likeness (QED) is 0.870. The van der Waals surface area contributed by atoms with Crippen molar-refractivity contribution in [1.82, 2.24) is 10.3 Å². The minimum absolute atomic E-state index is 0.216. The number of hydrogen-bond acceptors (Lipinski definition) is 3. The van der Waals surface area contributed by atoms with E-state index >= 15 is 0 Å². The van der Waals surface area contributed by atoms with E-state index in [0.29, 0.717) is 18.2 Å². The van der Waals surface area contributed by atoms with E-state index in [1.165, 1.54) is 11.1 Å². The van der Waals surface area contributed by atoms with E-state index in [2.05, 4.69) is 55.3 Å². The Hall–Kier alpha value is -1.87. The molecule has 0 spiro atoms. The molecular formula is C18H24N2O. The van der Waals surface area contributed by atoms with Crippen molar-refractivity contribution in [3.05, 3.63) is 58.9 Å². The van der Waals surface area contributed by atoms with Crippen molar-refractivity contribution in [3.8, 4) is 5.75 Å². The molecule has 2 rings (SSSR count). The van der Waals surface area contributed by atoms with E-state index in [9.17, 15) is 5.11 Å². The molecule has 0 saturated heterocycles. The molecule has 112 valence electrons. The van der Waals surface area contributed by atoms with E-state index in [1.807, 2.05) is 13.0 Å². The second-order valence-electron chi connectivity index (χ2n) is 5.84. The highest BCUT2D eigenvalue weighted by Gasteiger charge is 2.08. The summed E-state index contributed by atoms with van der Waals surface area (Å²) in [6.07, 6.45) is 0. The van der Waals surface area contributed by atoms with Crippen LogP contribution in [-0.2, 0) is 6.54 Å². The van der Waals surface area contributed by atoms with Gasteiger partial charge in [-0.15, -0.1) is 0 Å². The monoisotopic (exact) mass is 284 g/mol.